The molecule has 0 aliphatic heterocycles. The summed E-state index contributed by atoms with van der Waals surface area (Å²) in [5.74, 6) is -0.315. The molecular weight excluding hydrogens is 299 g/mol. The van der Waals surface area contributed by atoms with Crippen LogP contribution in [0.25, 0.3) is 11.3 Å². The summed E-state index contributed by atoms with van der Waals surface area (Å²) >= 11 is 11.7. The summed E-state index contributed by atoms with van der Waals surface area (Å²) in [6, 6.07) is 8.48. The average molecular weight is 307 g/mol. The Bertz CT molecular complexity index is 680. The van der Waals surface area contributed by atoms with E-state index in [0.717, 1.165) is 5.56 Å². The third kappa shape index (κ3) is 3.23. The van der Waals surface area contributed by atoms with E-state index in [-0.39, 0.29) is 17.7 Å². The smallest absolute Gasteiger partial charge is 0.252 e. The number of hydrogen-bond acceptors (Lipinski definition) is 4. The van der Waals surface area contributed by atoms with Gasteiger partial charge in [-0.05, 0) is 23.7 Å². The maximum atomic E-state index is 11.6. The molecule has 0 fully saturated rings. The van der Waals surface area contributed by atoms with Gasteiger partial charge in [-0.15, -0.1) is 0 Å². The topological polar surface area (TPSA) is 78.7 Å². The van der Waals surface area contributed by atoms with Crippen LogP contribution in [0.3, 0.4) is 0 Å². The molecule has 1 amide bonds. The number of nitriles is 1. The molecule has 0 saturated carbocycles. The van der Waals surface area contributed by atoms with Crippen molar-refractivity contribution in [3.05, 3.63) is 46.3 Å². The van der Waals surface area contributed by atoms with Crippen LogP contribution in [0, 0.1) is 11.3 Å². The highest BCUT2D eigenvalue weighted by molar-refractivity contribution is 6.33. The quantitative estimate of drug-likeness (QED) is 0.698. The van der Waals surface area contributed by atoms with Crippen molar-refractivity contribution in [3.63, 3.8) is 0 Å². The Morgan fingerprint density at radius 2 is 2.00 bits per heavy atom. The number of nitrogens with zero attached hydrogens (tertiary/aromatic N) is 3. The molecule has 1 aromatic heterocycles. The third-order valence-electron chi connectivity index (χ3n) is 2.46. The zero-order valence-corrected chi connectivity index (χ0v) is 11.6. The van der Waals surface area contributed by atoms with Crippen molar-refractivity contribution in [2.75, 3.05) is 6.54 Å². The lowest BCUT2D eigenvalue weighted by Crippen LogP contribution is -2.23. The van der Waals surface area contributed by atoms with Gasteiger partial charge >= 0.3 is 0 Å². The maximum Gasteiger partial charge on any atom is 0.252 e. The third-order valence-corrected chi connectivity index (χ3v) is 2.92. The van der Waals surface area contributed by atoms with Crippen LogP contribution in [0.15, 0.2) is 30.5 Å². The van der Waals surface area contributed by atoms with Crippen LogP contribution >= 0.6 is 23.2 Å². The molecule has 0 aliphatic carbocycles. The van der Waals surface area contributed by atoms with Crippen molar-refractivity contribution in [2.45, 2.75) is 0 Å². The van der Waals surface area contributed by atoms with Crippen molar-refractivity contribution >= 4 is 29.1 Å². The highest BCUT2D eigenvalue weighted by Crippen LogP contribution is 2.26. The molecule has 0 saturated heterocycles. The normalized spacial score (nSPS) is 9.85. The number of halogens is 2. The van der Waals surface area contributed by atoms with Gasteiger partial charge in [0.05, 0.1) is 23.0 Å². The second-order valence-electron chi connectivity index (χ2n) is 3.75. The summed E-state index contributed by atoms with van der Waals surface area (Å²) in [6.07, 6.45) is 1.42. The van der Waals surface area contributed by atoms with E-state index >= 15 is 0 Å². The summed E-state index contributed by atoms with van der Waals surface area (Å²) in [6.45, 7) is -0.0338. The summed E-state index contributed by atoms with van der Waals surface area (Å²) in [5, 5.41) is 11.3. The van der Waals surface area contributed by atoms with Crippen molar-refractivity contribution in [2.24, 2.45) is 0 Å². The molecule has 0 aliphatic rings. The van der Waals surface area contributed by atoms with E-state index in [0.29, 0.717) is 16.3 Å². The van der Waals surface area contributed by atoms with Crippen LogP contribution in [-0.4, -0.2) is 22.4 Å². The van der Waals surface area contributed by atoms with E-state index in [1.807, 2.05) is 6.07 Å². The van der Waals surface area contributed by atoms with E-state index in [9.17, 15) is 4.79 Å². The molecule has 0 bridgehead atoms. The molecule has 0 radical (unpaired) electrons. The summed E-state index contributed by atoms with van der Waals surface area (Å²) in [5.41, 5.74) is 1.66. The fraction of sp³-hybridized carbons (Fsp3) is 0.0769. The zero-order chi connectivity index (χ0) is 14.5. The van der Waals surface area contributed by atoms with Gasteiger partial charge in [-0.25, -0.2) is 9.97 Å². The van der Waals surface area contributed by atoms with Gasteiger partial charge in [0.2, 0.25) is 5.28 Å². The first-order valence-corrected chi connectivity index (χ1v) is 6.31. The van der Waals surface area contributed by atoms with Gasteiger partial charge in [0.1, 0.15) is 6.54 Å². The fourth-order valence-corrected chi connectivity index (χ4v) is 1.88. The summed E-state index contributed by atoms with van der Waals surface area (Å²) in [4.78, 5) is 19.5. The van der Waals surface area contributed by atoms with Gasteiger partial charge in [-0.3, -0.25) is 4.79 Å². The van der Waals surface area contributed by atoms with Gasteiger partial charge in [0.15, 0.2) is 0 Å². The first-order valence-electron chi connectivity index (χ1n) is 5.55. The maximum absolute atomic E-state index is 11.6. The SMILES string of the molecule is N#CCNC(=O)c1ccc(-c2nc(Cl)ncc2Cl)cc1. The molecule has 2 rings (SSSR count). The van der Waals surface area contributed by atoms with Crippen LogP contribution < -0.4 is 5.32 Å². The minimum absolute atomic E-state index is 0.0338. The zero-order valence-electron chi connectivity index (χ0n) is 10.1. The predicted molar refractivity (Wildman–Crippen MR) is 75.4 cm³/mol. The lowest BCUT2D eigenvalue weighted by Gasteiger charge is -2.05. The molecular formula is C13H8Cl2N4O. The molecule has 7 heteroatoms. The Balaban J connectivity index is 2.26. The predicted octanol–water partition coefficient (Wildman–Crippen LogP) is 2.70. The number of carbonyl (C=O) groups excluding carboxylic acids is 1. The van der Waals surface area contributed by atoms with Gasteiger partial charge in [0, 0.05) is 11.1 Å². The Morgan fingerprint density at radius 1 is 1.30 bits per heavy atom. The Morgan fingerprint density at radius 3 is 2.65 bits per heavy atom. The number of benzene rings is 1. The van der Waals surface area contributed by atoms with Gasteiger partial charge in [0.25, 0.3) is 5.91 Å². The summed E-state index contributed by atoms with van der Waals surface area (Å²) in [7, 11) is 0. The fourth-order valence-electron chi connectivity index (χ4n) is 1.55. The number of hydrogen-bond donors (Lipinski definition) is 1. The van der Waals surface area contributed by atoms with Gasteiger partial charge in [-0.1, -0.05) is 23.7 Å². The Hall–Kier alpha value is -2.16. The minimum Gasteiger partial charge on any atom is -0.339 e. The molecule has 1 aromatic carbocycles. The molecule has 20 heavy (non-hydrogen) atoms. The molecule has 0 spiro atoms. The second kappa shape index (κ2) is 6.33. The first kappa shape index (κ1) is 14.3. The van der Waals surface area contributed by atoms with Crippen molar-refractivity contribution in [1.29, 1.82) is 5.26 Å². The van der Waals surface area contributed by atoms with Crippen LogP contribution in [0.4, 0.5) is 0 Å². The number of carbonyl (C=O) groups is 1. The van der Waals surface area contributed by atoms with Crippen LogP contribution in [-0.2, 0) is 0 Å². The van der Waals surface area contributed by atoms with Crippen molar-refractivity contribution < 1.29 is 4.79 Å². The van der Waals surface area contributed by atoms with E-state index in [4.69, 9.17) is 28.5 Å². The van der Waals surface area contributed by atoms with Gasteiger partial charge < -0.3 is 5.32 Å². The Labute approximate surface area is 125 Å². The average Bonchev–Trinajstić information content (AvgIpc) is 2.47. The van der Waals surface area contributed by atoms with Crippen LogP contribution in [0.5, 0.6) is 0 Å². The van der Waals surface area contributed by atoms with E-state index in [1.54, 1.807) is 24.3 Å². The number of rotatable bonds is 3. The summed E-state index contributed by atoms with van der Waals surface area (Å²) < 4.78 is 0. The molecule has 5 nitrogen and oxygen atoms in total. The molecule has 0 atom stereocenters. The molecule has 1 N–H and O–H groups in total. The van der Waals surface area contributed by atoms with Crippen molar-refractivity contribution in [3.8, 4) is 17.3 Å². The number of aromatic nitrogens is 2. The van der Waals surface area contributed by atoms with Crippen LogP contribution in [0.2, 0.25) is 10.3 Å². The molecule has 1 heterocycles. The van der Waals surface area contributed by atoms with Gasteiger partial charge in [-0.2, -0.15) is 5.26 Å². The molecule has 0 unspecified atom stereocenters. The number of amides is 1. The lowest BCUT2D eigenvalue weighted by molar-refractivity contribution is 0.0958. The van der Waals surface area contributed by atoms with E-state index in [2.05, 4.69) is 15.3 Å². The first-order chi connectivity index (χ1) is 9.61. The van der Waals surface area contributed by atoms with Crippen molar-refractivity contribution in [1.82, 2.24) is 15.3 Å². The lowest BCUT2D eigenvalue weighted by atomic mass is 10.1. The number of nitrogens with one attached hydrogen (secondary N) is 1. The second-order valence-corrected chi connectivity index (χ2v) is 4.50. The monoisotopic (exact) mass is 306 g/mol. The highest BCUT2D eigenvalue weighted by atomic mass is 35.5. The molecule has 100 valence electrons. The molecule has 2 aromatic rings. The Kier molecular flexibility index (Phi) is 4.51. The largest absolute Gasteiger partial charge is 0.339 e. The standard InChI is InChI=1S/C13H8Cl2N4O/c14-10-7-18-13(15)19-11(10)8-1-3-9(4-2-8)12(20)17-6-5-16/h1-4,7H,6H2,(H,17,20). The van der Waals surface area contributed by atoms with E-state index in [1.165, 1.54) is 6.20 Å². The highest BCUT2D eigenvalue weighted by Gasteiger charge is 2.09. The minimum atomic E-state index is -0.315. The van der Waals surface area contributed by atoms with E-state index < -0.39 is 0 Å². The van der Waals surface area contributed by atoms with Crippen LogP contribution in [0.1, 0.15) is 10.4 Å².